The van der Waals surface area contributed by atoms with Crippen molar-refractivity contribution in [2.24, 2.45) is 11.7 Å². The number of hydrogen-bond donors (Lipinski definition) is 1. The third-order valence-corrected chi connectivity index (χ3v) is 3.65. The van der Waals surface area contributed by atoms with Crippen LogP contribution in [0.4, 0.5) is 5.69 Å². The first kappa shape index (κ1) is 14.9. The van der Waals surface area contributed by atoms with E-state index in [0.29, 0.717) is 5.92 Å². The Hall–Kier alpha value is -1.55. The third kappa shape index (κ3) is 2.96. The molecular weight excluding hydrogens is 252 g/mol. The van der Waals surface area contributed by atoms with Crippen LogP contribution in [0.15, 0.2) is 18.2 Å². The number of carbonyl (C=O) groups excluding carboxylic acids is 1. The first-order chi connectivity index (χ1) is 9.40. The highest BCUT2D eigenvalue weighted by Crippen LogP contribution is 2.36. The summed E-state index contributed by atoms with van der Waals surface area (Å²) < 4.78 is 5.68. The molecule has 1 amide bonds. The SMILES string of the molecule is CC(C)CCN1C(=O)C(C)Oc2ccc(C(C)N)cc21. The lowest BCUT2D eigenvalue weighted by Gasteiger charge is -2.34. The Morgan fingerprint density at radius 2 is 2.05 bits per heavy atom. The molecule has 1 aromatic rings. The van der Waals surface area contributed by atoms with Gasteiger partial charge in [-0.2, -0.15) is 0 Å². The molecule has 0 aromatic heterocycles. The Labute approximate surface area is 120 Å². The molecule has 0 fully saturated rings. The lowest BCUT2D eigenvalue weighted by Crippen LogP contribution is -2.45. The van der Waals surface area contributed by atoms with Crippen molar-refractivity contribution in [1.82, 2.24) is 0 Å². The lowest BCUT2D eigenvalue weighted by molar-refractivity contribution is -0.125. The predicted molar refractivity (Wildman–Crippen MR) is 80.9 cm³/mol. The minimum atomic E-state index is -0.421. The maximum Gasteiger partial charge on any atom is 0.267 e. The summed E-state index contributed by atoms with van der Waals surface area (Å²) in [5, 5.41) is 0. The summed E-state index contributed by atoms with van der Waals surface area (Å²) in [7, 11) is 0. The Morgan fingerprint density at radius 3 is 2.65 bits per heavy atom. The van der Waals surface area contributed by atoms with Gasteiger partial charge in [0.1, 0.15) is 5.75 Å². The molecule has 2 atom stereocenters. The largest absolute Gasteiger partial charge is 0.479 e. The molecule has 0 bridgehead atoms. The molecule has 4 heteroatoms. The van der Waals surface area contributed by atoms with Crippen molar-refractivity contribution in [3.8, 4) is 5.75 Å². The molecule has 0 saturated heterocycles. The molecule has 0 radical (unpaired) electrons. The first-order valence-electron chi connectivity index (χ1n) is 7.27. The predicted octanol–water partition coefficient (Wildman–Crippen LogP) is 2.87. The number of anilines is 1. The van der Waals surface area contributed by atoms with Gasteiger partial charge in [-0.1, -0.05) is 19.9 Å². The number of nitrogens with zero attached hydrogens (tertiary/aromatic N) is 1. The fourth-order valence-electron chi connectivity index (χ4n) is 2.33. The van der Waals surface area contributed by atoms with Gasteiger partial charge in [0.2, 0.25) is 0 Å². The second-order valence-corrected chi connectivity index (χ2v) is 5.95. The molecule has 1 aromatic carbocycles. The maximum absolute atomic E-state index is 12.4. The van der Waals surface area contributed by atoms with Crippen LogP contribution < -0.4 is 15.4 Å². The Balaban J connectivity index is 2.35. The molecule has 2 N–H and O–H groups in total. The maximum atomic E-state index is 12.4. The van der Waals surface area contributed by atoms with Crippen molar-refractivity contribution in [3.63, 3.8) is 0 Å². The normalized spacial score (nSPS) is 19.8. The molecule has 0 aliphatic carbocycles. The molecular formula is C16H24N2O2. The van der Waals surface area contributed by atoms with Crippen LogP contribution in [-0.2, 0) is 4.79 Å². The highest BCUT2D eigenvalue weighted by molar-refractivity contribution is 5.99. The Kier molecular flexibility index (Phi) is 4.33. The van der Waals surface area contributed by atoms with Gasteiger partial charge in [0, 0.05) is 12.6 Å². The van der Waals surface area contributed by atoms with Gasteiger partial charge in [-0.3, -0.25) is 4.79 Å². The minimum absolute atomic E-state index is 0.0278. The molecule has 1 aliphatic rings. The van der Waals surface area contributed by atoms with E-state index in [4.69, 9.17) is 10.5 Å². The van der Waals surface area contributed by atoms with Crippen LogP contribution in [0.1, 0.15) is 45.7 Å². The second-order valence-electron chi connectivity index (χ2n) is 5.95. The average molecular weight is 276 g/mol. The van der Waals surface area contributed by atoms with E-state index >= 15 is 0 Å². The molecule has 2 rings (SSSR count). The van der Waals surface area contributed by atoms with E-state index in [0.717, 1.165) is 30.0 Å². The first-order valence-corrected chi connectivity index (χ1v) is 7.27. The molecule has 0 saturated carbocycles. The van der Waals surface area contributed by atoms with E-state index in [-0.39, 0.29) is 11.9 Å². The number of fused-ring (bicyclic) bond motifs is 1. The van der Waals surface area contributed by atoms with Gasteiger partial charge in [-0.15, -0.1) is 0 Å². The van der Waals surface area contributed by atoms with Crippen molar-refractivity contribution in [2.45, 2.75) is 46.3 Å². The number of rotatable bonds is 4. The van der Waals surface area contributed by atoms with Crippen LogP contribution in [0.3, 0.4) is 0 Å². The second kappa shape index (κ2) is 5.83. The van der Waals surface area contributed by atoms with E-state index in [2.05, 4.69) is 13.8 Å². The zero-order valence-corrected chi connectivity index (χ0v) is 12.7. The monoisotopic (exact) mass is 276 g/mol. The fourth-order valence-corrected chi connectivity index (χ4v) is 2.33. The summed E-state index contributed by atoms with van der Waals surface area (Å²) in [6, 6.07) is 5.80. The van der Waals surface area contributed by atoms with Gasteiger partial charge in [-0.05, 0) is 43.9 Å². The Morgan fingerprint density at radius 1 is 1.35 bits per heavy atom. The Bertz CT molecular complexity index is 497. The van der Waals surface area contributed by atoms with Crippen LogP contribution in [-0.4, -0.2) is 18.6 Å². The molecule has 1 heterocycles. The van der Waals surface area contributed by atoms with Crippen molar-refractivity contribution >= 4 is 11.6 Å². The van der Waals surface area contributed by atoms with E-state index in [9.17, 15) is 4.79 Å². The standard InChI is InChI=1S/C16H24N2O2/c1-10(2)7-8-18-14-9-13(11(3)17)5-6-15(14)20-12(4)16(18)19/h5-6,9-12H,7-8,17H2,1-4H3. The summed E-state index contributed by atoms with van der Waals surface area (Å²) in [4.78, 5) is 14.2. The zero-order chi connectivity index (χ0) is 14.9. The van der Waals surface area contributed by atoms with E-state index in [1.54, 1.807) is 6.92 Å². The average Bonchev–Trinajstić information content (AvgIpc) is 2.38. The topological polar surface area (TPSA) is 55.6 Å². The minimum Gasteiger partial charge on any atom is -0.479 e. The molecule has 1 aliphatic heterocycles. The van der Waals surface area contributed by atoms with Gasteiger partial charge in [0.05, 0.1) is 5.69 Å². The van der Waals surface area contributed by atoms with Crippen molar-refractivity contribution in [3.05, 3.63) is 23.8 Å². The number of hydrogen-bond acceptors (Lipinski definition) is 3. The number of nitrogens with two attached hydrogens (primary N) is 1. The van der Waals surface area contributed by atoms with Crippen LogP contribution in [0, 0.1) is 5.92 Å². The number of amides is 1. The van der Waals surface area contributed by atoms with E-state index in [1.807, 2.05) is 30.0 Å². The van der Waals surface area contributed by atoms with Gasteiger partial charge in [0.15, 0.2) is 6.10 Å². The number of carbonyl (C=O) groups is 1. The summed E-state index contributed by atoms with van der Waals surface area (Å²) in [5.41, 5.74) is 7.80. The highest BCUT2D eigenvalue weighted by Gasteiger charge is 2.31. The molecule has 20 heavy (non-hydrogen) atoms. The van der Waals surface area contributed by atoms with Crippen LogP contribution in [0.2, 0.25) is 0 Å². The van der Waals surface area contributed by atoms with Crippen LogP contribution in [0.5, 0.6) is 5.75 Å². The summed E-state index contributed by atoms with van der Waals surface area (Å²) >= 11 is 0. The number of benzene rings is 1. The van der Waals surface area contributed by atoms with Gasteiger partial charge >= 0.3 is 0 Å². The van der Waals surface area contributed by atoms with Crippen LogP contribution >= 0.6 is 0 Å². The molecule has 110 valence electrons. The van der Waals surface area contributed by atoms with Crippen LogP contribution in [0.25, 0.3) is 0 Å². The zero-order valence-electron chi connectivity index (χ0n) is 12.7. The van der Waals surface area contributed by atoms with Crippen molar-refractivity contribution in [2.75, 3.05) is 11.4 Å². The summed E-state index contributed by atoms with van der Waals surface area (Å²) in [6.07, 6.45) is 0.552. The van der Waals surface area contributed by atoms with Gasteiger partial charge < -0.3 is 15.4 Å². The fraction of sp³-hybridized carbons (Fsp3) is 0.562. The van der Waals surface area contributed by atoms with E-state index < -0.39 is 6.10 Å². The molecule has 0 spiro atoms. The summed E-state index contributed by atoms with van der Waals surface area (Å²) in [5.74, 6) is 1.35. The van der Waals surface area contributed by atoms with Gasteiger partial charge in [-0.25, -0.2) is 0 Å². The van der Waals surface area contributed by atoms with Crippen molar-refractivity contribution < 1.29 is 9.53 Å². The number of ether oxygens (including phenoxy) is 1. The highest BCUT2D eigenvalue weighted by atomic mass is 16.5. The third-order valence-electron chi connectivity index (χ3n) is 3.65. The van der Waals surface area contributed by atoms with Crippen molar-refractivity contribution in [1.29, 1.82) is 0 Å². The molecule has 4 nitrogen and oxygen atoms in total. The quantitative estimate of drug-likeness (QED) is 0.920. The summed E-state index contributed by atoms with van der Waals surface area (Å²) in [6.45, 7) is 8.78. The lowest BCUT2D eigenvalue weighted by atomic mass is 10.0. The van der Waals surface area contributed by atoms with E-state index in [1.165, 1.54) is 0 Å². The van der Waals surface area contributed by atoms with Gasteiger partial charge in [0.25, 0.3) is 5.91 Å². The smallest absolute Gasteiger partial charge is 0.267 e. The molecule has 2 unspecified atom stereocenters.